The van der Waals surface area contributed by atoms with Gasteiger partial charge in [-0.15, -0.1) is 0 Å². The highest BCUT2D eigenvalue weighted by Gasteiger charge is 2.46. The number of aliphatic hydroxyl groups is 1. The van der Waals surface area contributed by atoms with E-state index in [0.717, 1.165) is 0 Å². The highest BCUT2D eigenvalue weighted by Crippen LogP contribution is 2.34. The molecule has 0 saturated carbocycles. The van der Waals surface area contributed by atoms with E-state index in [9.17, 15) is 18.3 Å². The van der Waals surface area contributed by atoms with Crippen molar-refractivity contribution in [3.8, 4) is 0 Å². The summed E-state index contributed by atoms with van der Waals surface area (Å²) in [5.41, 5.74) is -1.14. The highest BCUT2D eigenvalue weighted by molar-refractivity contribution is 7.89. The zero-order chi connectivity index (χ0) is 18.9. The molecule has 0 aliphatic carbocycles. The predicted molar refractivity (Wildman–Crippen MR) is 90.8 cm³/mol. The van der Waals surface area contributed by atoms with E-state index in [2.05, 4.69) is 15.5 Å². The normalized spacial score (nSPS) is 21.0. The minimum atomic E-state index is -3.81. The summed E-state index contributed by atoms with van der Waals surface area (Å²) >= 11 is 0. The maximum Gasteiger partial charge on any atom is 0.260 e. The maximum atomic E-state index is 12.8. The first kappa shape index (κ1) is 18.5. The summed E-state index contributed by atoms with van der Waals surface area (Å²) in [6.45, 7) is 1.81. The standard InChI is InChI=1S/C16H20N4O5S/c1-3-13-18-15(25-19-13)16(22)8-9-20(10-16)26(23,24)12-6-4-11(5-7-12)14(21)17-2/h4-7,22H,3,8-10H2,1-2H3,(H,17,21). The lowest BCUT2D eigenvalue weighted by Crippen LogP contribution is -2.34. The second-order valence-electron chi connectivity index (χ2n) is 6.09. The quantitative estimate of drug-likeness (QED) is 0.763. The number of amides is 1. The van der Waals surface area contributed by atoms with Crippen LogP contribution in [0.1, 0.15) is 35.4 Å². The number of aromatic nitrogens is 2. The molecule has 1 saturated heterocycles. The van der Waals surface area contributed by atoms with E-state index in [-0.39, 0.29) is 36.2 Å². The number of hydrogen-bond acceptors (Lipinski definition) is 7. The Morgan fingerprint density at radius 2 is 2.08 bits per heavy atom. The van der Waals surface area contributed by atoms with Gasteiger partial charge in [-0.25, -0.2) is 8.42 Å². The SMILES string of the molecule is CCc1noc(C2(O)CCN(S(=O)(=O)c3ccc(C(=O)NC)cc3)C2)n1. The van der Waals surface area contributed by atoms with E-state index >= 15 is 0 Å². The number of sulfonamides is 1. The molecule has 10 heteroatoms. The van der Waals surface area contributed by atoms with Gasteiger partial charge in [0.05, 0.1) is 11.4 Å². The average Bonchev–Trinajstić information content (AvgIpc) is 3.29. The van der Waals surface area contributed by atoms with Crippen LogP contribution in [0.4, 0.5) is 0 Å². The Bertz CT molecular complexity index is 909. The van der Waals surface area contributed by atoms with Crippen molar-refractivity contribution in [2.24, 2.45) is 0 Å². The smallest absolute Gasteiger partial charge is 0.260 e. The molecule has 1 aromatic carbocycles. The monoisotopic (exact) mass is 380 g/mol. The Kier molecular flexibility index (Phi) is 4.82. The zero-order valence-electron chi connectivity index (χ0n) is 14.5. The number of benzene rings is 1. The lowest BCUT2D eigenvalue weighted by Gasteiger charge is -2.19. The summed E-state index contributed by atoms with van der Waals surface area (Å²) in [6.07, 6.45) is 0.715. The van der Waals surface area contributed by atoms with Crippen LogP contribution in [-0.4, -0.2) is 54.0 Å². The van der Waals surface area contributed by atoms with Crippen LogP contribution in [0.5, 0.6) is 0 Å². The second-order valence-corrected chi connectivity index (χ2v) is 8.03. The highest BCUT2D eigenvalue weighted by atomic mass is 32.2. The van der Waals surface area contributed by atoms with Crippen molar-refractivity contribution < 1.29 is 22.8 Å². The summed E-state index contributed by atoms with van der Waals surface area (Å²) in [4.78, 5) is 15.7. The van der Waals surface area contributed by atoms with Crippen LogP contribution >= 0.6 is 0 Å². The molecule has 2 N–H and O–H groups in total. The minimum absolute atomic E-state index is 0.0296. The van der Waals surface area contributed by atoms with Gasteiger partial charge in [0, 0.05) is 32.0 Å². The molecular formula is C16H20N4O5S. The van der Waals surface area contributed by atoms with Gasteiger partial charge in [-0.05, 0) is 24.3 Å². The van der Waals surface area contributed by atoms with Gasteiger partial charge in [-0.3, -0.25) is 4.79 Å². The Labute approximate surface area is 151 Å². The van der Waals surface area contributed by atoms with Crippen LogP contribution in [0.25, 0.3) is 0 Å². The molecule has 140 valence electrons. The first-order chi connectivity index (χ1) is 12.3. The van der Waals surface area contributed by atoms with E-state index in [1.165, 1.54) is 35.6 Å². The molecule has 0 radical (unpaired) electrons. The van der Waals surface area contributed by atoms with E-state index in [1.54, 1.807) is 0 Å². The molecule has 1 aliphatic heterocycles. The fraction of sp³-hybridized carbons (Fsp3) is 0.438. The van der Waals surface area contributed by atoms with Gasteiger partial charge < -0.3 is 14.9 Å². The molecule has 1 atom stereocenters. The first-order valence-corrected chi connectivity index (χ1v) is 9.62. The van der Waals surface area contributed by atoms with Gasteiger partial charge in [-0.2, -0.15) is 9.29 Å². The van der Waals surface area contributed by atoms with Gasteiger partial charge in [0.2, 0.25) is 10.0 Å². The van der Waals surface area contributed by atoms with Gasteiger partial charge in [-0.1, -0.05) is 12.1 Å². The molecule has 1 amide bonds. The van der Waals surface area contributed by atoms with E-state index in [0.29, 0.717) is 17.8 Å². The number of carbonyl (C=O) groups is 1. The fourth-order valence-electron chi connectivity index (χ4n) is 2.80. The third kappa shape index (κ3) is 3.22. The van der Waals surface area contributed by atoms with Crippen molar-refractivity contribution in [3.05, 3.63) is 41.5 Å². The Hall–Kier alpha value is -2.30. The number of β-amino-alcohol motifs (C(OH)–C–C–N with tert-alkyl or cyclic N) is 1. The Morgan fingerprint density at radius 3 is 2.65 bits per heavy atom. The Morgan fingerprint density at radius 1 is 1.38 bits per heavy atom. The molecule has 2 aromatic rings. The summed E-state index contributed by atoms with van der Waals surface area (Å²) in [6, 6.07) is 5.64. The molecule has 2 heterocycles. The molecule has 0 bridgehead atoms. The summed E-state index contributed by atoms with van der Waals surface area (Å²) < 4.78 is 31.9. The lowest BCUT2D eigenvalue weighted by atomic mass is 10.0. The van der Waals surface area contributed by atoms with Crippen LogP contribution in [-0.2, 0) is 22.0 Å². The van der Waals surface area contributed by atoms with Crippen molar-refractivity contribution in [1.29, 1.82) is 0 Å². The molecule has 1 fully saturated rings. The van der Waals surface area contributed by atoms with Crippen LogP contribution in [0, 0.1) is 0 Å². The summed E-state index contributed by atoms with van der Waals surface area (Å²) in [5.74, 6) is 0.189. The van der Waals surface area contributed by atoms with Crippen LogP contribution in [0.15, 0.2) is 33.7 Å². The Balaban J connectivity index is 1.81. The van der Waals surface area contributed by atoms with Crippen LogP contribution in [0.3, 0.4) is 0 Å². The third-order valence-corrected chi connectivity index (χ3v) is 6.24. The minimum Gasteiger partial charge on any atom is -0.379 e. The van der Waals surface area contributed by atoms with Crippen LogP contribution in [0.2, 0.25) is 0 Å². The zero-order valence-corrected chi connectivity index (χ0v) is 15.3. The van der Waals surface area contributed by atoms with E-state index in [1.807, 2.05) is 6.92 Å². The van der Waals surface area contributed by atoms with E-state index < -0.39 is 15.6 Å². The van der Waals surface area contributed by atoms with Gasteiger partial charge in [0.1, 0.15) is 0 Å². The van der Waals surface area contributed by atoms with Crippen molar-refractivity contribution >= 4 is 15.9 Å². The molecule has 1 aromatic heterocycles. The largest absolute Gasteiger partial charge is 0.379 e. The topological polar surface area (TPSA) is 126 Å². The van der Waals surface area contributed by atoms with Crippen molar-refractivity contribution in [1.82, 2.24) is 19.8 Å². The van der Waals surface area contributed by atoms with Gasteiger partial charge in [0.25, 0.3) is 11.8 Å². The molecule has 1 aliphatic rings. The number of nitrogens with one attached hydrogen (secondary N) is 1. The third-order valence-electron chi connectivity index (χ3n) is 4.38. The van der Waals surface area contributed by atoms with Gasteiger partial charge in [0.15, 0.2) is 11.4 Å². The fourth-order valence-corrected chi connectivity index (χ4v) is 4.29. The molecule has 26 heavy (non-hydrogen) atoms. The maximum absolute atomic E-state index is 12.8. The second kappa shape index (κ2) is 6.78. The molecule has 3 rings (SSSR count). The first-order valence-electron chi connectivity index (χ1n) is 8.18. The molecular weight excluding hydrogens is 360 g/mol. The molecule has 9 nitrogen and oxygen atoms in total. The summed E-state index contributed by atoms with van der Waals surface area (Å²) in [7, 11) is -2.31. The molecule has 0 spiro atoms. The summed E-state index contributed by atoms with van der Waals surface area (Å²) in [5, 5.41) is 17.0. The van der Waals surface area contributed by atoms with Crippen molar-refractivity contribution in [2.75, 3.05) is 20.1 Å². The average molecular weight is 380 g/mol. The number of hydrogen-bond donors (Lipinski definition) is 2. The number of carbonyl (C=O) groups excluding carboxylic acids is 1. The van der Waals surface area contributed by atoms with E-state index in [4.69, 9.17) is 4.52 Å². The number of aryl methyl sites for hydroxylation is 1. The van der Waals surface area contributed by atoms with Crippen molar-refractivity contribution in [2.45, 2.75) is 30.3 Å². The van der Waals surface area contributed by atoms with Crippen LogP contribution < -0.4 is 5.32 Å². The predicted octanol–water partition coefficient (Wildman–Crippen LogP) is 0.274. The van der Waals surface area contributed by atoms with Gasteiger partial charge >= 0.3 is 0 Å². The number of nitrogens with zero attached hydrogens (tertiary/aromatic N) is 3. The molecule has 1 unspecified atom stereocenters. The lowest BCUT2D eigenvalue weighted by molar-refractivity contribution is 0.0194. The number of rotatable bonds is 5. The van der Waals surface area contributed by atoms with Crippen molar-refractivity contribution in [3.63, 3.8) is 0 Å².